The van der Waals surface area contributed by atoms with Gasteiger partial charge in [-0.25, -0.2) is 15.0 Å². The number of aryl methyl sites for hydroxylation is 2. The Hall–Kier alpha value is -3.13. The SMILES string of the molecule is Cc1ccccc1C(=O)NC1CCN(C(=O)c2sc(-c3ncccn3)nc2C)CC1. The normalized spacial score (nSPS) is 14.5. The van der Waals surface area contributed by atoms with E-state index in [2.05, 4.69) is 20.3 Å². The molecule has 8 heteroatoms. The van der Waals surface area contributed by atoms with Crippen molar-refractivity contribution in [2.45, 2.75) is 32.7 Å². The van der Waals surface area contributed by atoms with Crippen molar-refractivity contribution in [1.82, 2.24) is 25.2 Å². The van der Waals surface area contributed by atoms with Crippen LogP contribution in [0, 0.1) is 13.8 Å². The number of hydrogen-bond acceptors (Lipinski definition) is 6. The molecule has 1 aliphatic rings. The molecule has 1 aromatic carbocycles. The zero-order valence-corrected chi connectivity index (χ0v) is 17.8. The Bertz CT molecular complexity index is 1060. The Balaban J connectivity index is 1.37. The van der Waals surface area contributed by atoms with Crippen molar-refractivity contribution in [2.24, 2.45) is 0 Å². The molecule has 3 heterocycles. The molecule has 0 bridgehead atoms. The van der Waals surface area contributed by atoms with Gasteiger partial charge in [0.05, 0.1) is 5.69 Å². The molecule has 2 aromatic heterocycles. The molecule has 1 saturated heterocycles. The molecule has 0 aliphatic carbocycles. The van der Waals surface area contributed by atoms with Gasteiger partial charge in [0, 0.05) is 37.1 Å². The number of rotatable bonds is 4. The minimum Gasteiger partial charge on any atom is -0.349 e. The van der Waals surface area contributed by atoms with E-state index in [1.54, 1.807) is 18.5 Å². The quantitative estimate of drug-likeness (QED) is 0.699. The van der Waals surface area contributed by atoms with Crippen LogP contribution in [0.5, 0.6) is 0 Å². The summed E-state index contributed by atoms with van der Waals surface area (Å²) in [5.74, 6) is 0.460. The van der Waals surface area contributed by atoms with Crippen molar-refractivity contribution in [2.75, 3.05) is 13.1 Å². The van der Waals surface area contributed by atoms with Crippen LogP contribution in [0.4, 0.5) is 0 Å². The molecular formula is C22H23N5O2S. The van der Waals surface area contributed by atoms with E-state index in [4.69, 9.17) is 0 Å². The van der Waals surface area contributed by atoms with Crippen LogP contribution in [0.25, 0.3) is 10.8 Å². The van der Waals surface area contributed by atoms with Gasteiger partial charge >= 0.3 is 0 Å². The second-order valence-electron chi connectivity index (χ2n) is 7.36. The molecule has 7 nitrogen and oxygen atoms in total. The van der Waals surface area contributed by atoms with Crippen LogP contribution in [-0.4, -0.2) is 50.8 Å². The van der Waals surface area contributed by atoms with Gasteiger partial charge in [-0.15, -0.1) is 11.3 Å². The maximum Gasteiger partial charge on any atom is 0.265 e. The maximum atomic E-state index is 13.0. The Morgan fingerprint density at radius 1 is 1.07 bits per heavy atom. The molecule has 0 atom stereocenters. The topological polar surface area (TPSA) is 88.1 Å². The number of carbonyl (C=O) groups is 2. The highest BCUT2D eigenvalue weighted by atomic mass is 32.1. The molecule has 1 fully saturated rings. The van der Waals surface area contributed by atoms with E-state index in [-0.39, 0.29) is 17.9 Å². The van der Waals surface area contributed by atoms with E-state index in [9.17, 15) is 9.59 Å². The summed E-state index contributed by atoms with van der Waals surface area (Å²) in [6, 6.07) is 9.38. The molecule has 0 saturated carbocycles. The lowest BCUT2D eigenvalue weighted by molar-refractivity contribution is 0.0702. The molecule has 1 aliphatic heterocycles. The van der Waals surface area contributed by atoms with Crippen molar-refractivity contribution < 1.29 is 9.59 Å². The van der Waals surface area contributed by atoms with E-state index in [0.717, 1.165) is 18.4 Å². The van der Waals surface area contributed by atoms with E-state index >= 15 is 0 Å². The van der Waals surface area contributed by atoms with Gasteiger partial charge in [0.2, 0.25) is 0 Å². The first-order valence-corrected chi connectivity index (χ1v) is 10.7. The molecule has 154 valence electrons. The Morgan fingerprint density at radius 3 is 2.47 bits per heavy atom. The van der Waals surface area contributed by atoms with Crippen molar-refractivity contribution in [1.29, 1.82) is 0 Å². The predicted molar refractivity (Wildman–Crippen MR) is 115 cm³/mol. The zero-order chi connectivity index (χ0) is 21.1. The molecule has 2 amide bonds. The van der Waals surface area contributed by atoms with Gasteiger partial charge in [-0.2, -0.15) is 0 Å². The minimum atomic E-state index is -0.0521. The molecule has 0 unspecified atom stereocenters. The van der Waals surface area contributed by atoms with Crippen molar-refractivity contribution in [3.63, 3.8) is 0 Å². The summed E-state index contributed by atoms with van der Waals surface area (Å²) in [4.78, 5) is 40.9. The predicted octanol–water partition coefficient (Wildman–Crippen LogP) is 3.25. The summed E-state index contributed by atoms with van der Waals surface area (Å²) in [7, 11) is 0. The van der Waals surface area contributed by atoms with Gasteiger partial charge in [0.25, 0.3) is 11.8 Å². The smallest absolute Gasteiger partial charge is 0.265 e. The third-order valence-corrected chi connectivity index (χ3v) is 6.40. The summed E-state index contributed by atoms with van der Waals surface area (Å²) in [6.45, 7) is 4.98. The van der Waals surface area contributed by atoms with E-state index < -0.39 is 0 Å². The Labute approximate surface area is 179 Å². The number of aromatic nitrogens is 3. The van der Waals surface area contributed by atoms with Crippen LogP contribution in [0.15, 0.2) is 42.7 Å². The fourth-order valence-corrected chi connectivity index (χ4v) is 4.54. The number of amides is 2. The standard InChI is InChI=1S/C22H23N5O2S/c1-14-6-3-4-7-17(14)20(28)26-16-8-12-27(13-9-16)22(29)18-15(2)25-21(30-18)19-23-10-5-11-24-19/h3-7,10-11,16H,8-9,12-13H2,1-2H3,(H,26,28). The van der Waals surface area contributed by atoms with Gasteiger partial charge in [-0.1, -0.05) is 18.2 Å². The number of hydrogen-bond donors (Lipinski definition) is 1. The number of nitrogens with one attached hydrogen (secondary N) is 1. The largest absolute Gasteiger partial charge is 0.349 e. The van der Waals surface area contributed by atoms with Crippen LogP contribution in [0.1, 0.15) is 44.1 Å². The average molecular weight is 422 g/mol. The zero-order valence-electron chi connectivity index (χ0n) is 17.0. The first kappa shape index (κ1) is 20.2. The van der Waals surface area contributed by atoms with Crippen molar-refractivity contribution in [3.05, 3.63) is 64.4 Å². The molecule has 0 radical (unpaired) electrons. The number of carbonyl (C=O) groups excluding carboxylic acids is 2. The minimum absolute atomic E-state index is 0.0177. The highest BCUT2D eigenvalue weighted by molar-refractivity contribution is 7.17. The molecule has 1 N–H and O–H groups in total. The molecule has 4 rings (SSSR count). The Kier molecular flexibility index (Phi) is 5.85. The maximum absolute atomic E-state index is 13.0. The van der Waals surface area contributed by atoms with Gasteiger partial charge in [0.1, 0.15) is 4.88 Å². The average Bonchev–Trinajstić information content (AvgIpc) is 3.16. The third-order valence-electron chi connectivity index (χ3n) is 5.25. The summed E-state index contributed by atoms with van der Waals surface area (Å²) in [5, 5.41) is 3.76. The molecule has 3 aromatic rings. The summed E-state index contributed by atoms with van der Waals surface area (Å²) in [6.07, 6.45) is 4.79. The van der Waals surface area contributed by atoms with E-state index in [1.165, 1.54) is 11.3 Å². The molecule has 0 spiro atoms. The summed E-state index contributed by atoms with van der Waals surface area (Å²) in [5.41, 5.74) is 2.36. The second kappa shape index (κ2) is 8.71. The van der Waals surface area contributed by atoms with Gasteiger partial charge in [-0.05, 0) is 44.4 Å². The number of benzene rings is 1. The molecule has 30 heavy (non-hydrogen) atoms. The van der Waals surface area contributed by atoms with Gasteiger partial charge < -0.3 is 10.2 Å². The van der Waals surface area contributed by atoms with Gasteiger partial charge in [-0.3, -0.25) is 9.59 Å². The first-order chi connectivity index (χ1) is 14.5. The van der Waals surface area contributed by atoms with Crippen LogP contribution in [0.3, 0.4) is 0 Å². The fraction of sp³-hybridized carbons (Fsp3) is 0.318. The third kappa shape index (κ3) is 4.23. The summed E-state index contributed by atoms with van der Waals surface area (Å²) < 4.78 is 0. The highest BCUT2D eigenvalue weighted by Crippen LogP contribution is 2.27. The lowest BCUT2D eigenvalue weighted by atomic mass is 10.0. The van der Waals surface area contributed by atoms with Crippen LogP contribution in [-0.2, 0) is 0 Å². The van der Waals surface area contributed by atoms with Crippen LogP contribution < -0.4 is 5.32 Å². The lowest BCUT2D eigenvalue weighted by Crippen LogP contribution is -2.46. The van der Waals surface area contributed by atoms with E-state index in [0.29, 0.717) is 40.1 Å². The van der Waals surface area contributed by atoms with Crippen LogP contribution in [0.2, 0.25) is 0 Å². The molecular weight excluding hydrogens is 398 g/mol. The van der Waals surface area contributed by atoms with E-state index in [1.807, 2.05) is 43.0 Å². The number of nitrogens with zero attached hydrogens (tertiary/aromatic N) is 4. The second-order valence-corrected chi connectivity index (χ2v) is 8.36. The Morgan fingerprint density at radius 2 is 1.77 bits per heavy atom. The van der Waals surface area contributed by atoms with Crippen molar-refractivity contribution in [3.8, 4) is 10.8 Å². The lowest BCUT2D eigenvalue weighted by Gasteiger charge is -2.32. The highest BCUT2D eigenvalue weighted by Gasteiger charge is 2.28. The number of thiazole rings is 1. The first-order valence-electron chi connectivity index (χ1n) is 9.93. The summed E-state index contributed by atoms with van der Waals surface area (Å²) >= 11 is 1.33. The fourth-order valence-electron chi connectivity index (χ4n) is 3.56. The van der Waals surface area contributed by atoms with Crippen molar-refractivity contribution >= 4 is 23.2 Å². The number of likely N-dealkylation sites (tertiary alicyclic amines) is 1. The van der Waals surface area contributed by atoms with Crippen LogP contribution >= 0.6 is 11.3 Å². The van der Waals surface area contributed by atoms with Gasteiger partial charge in [0.15, 0.2) is 10.8 Å². The number of piperidine rings is 1. The monoisotopic (exact) mass is 421 g/mol.